The lowest BCUT2D eigenvalue weighted by molar-refractivity contribution is -0.113. The number of amides is 1. The molecule has 0 aliphatic rings. The second-order valence-electron chi connectivity index (χ2n) is 7.10. The molecule has 0 fully saturated rings. The standard InChI is InChI=1S/C23H30N8O2S/c1-4-30(5-2)19-11-7-17(8-12-19)15-25-27-22-28-29-23(31(22)24)34-16-21(32)26-18-9-13-20(14-10-18)33-6-3/h7-15H,4-6,16,24H2,1-3H3,(H,26,32)(H,27,28)/b25-15+. The van der Waals surface area contributed by atoms with Gasteiger partial charge < -0.3 is 20.8 Å². The van der Waals surface area contributed by atoms with Crippen molar-refractivity contribution >= 4 is 41.2 Å². The molecule has 0 radical (unpaired) electrons. The van der Waals surface area contributed by atoms with Gasteiger partial charge in [-0.2, -0.15) is 5.10 Å². The van der Waals surface area contributed by atoms with Crippen LogP contribution in [0, 0.1) is 0 Å². The zero-order chi connectivity index (χ0) is 24.3. The maximum atomic E-state index is 12.2. The van der Waals surface area contributed by atoms with E-state index in [9.17, 15) is 4.79 Å². The zero-order valence-corrected chi connectivity index (χ0v) is 20.4. The minimum atomic E-state index is -0.183. The van der Waals surface area contributed by atoms with Crippen LogP contribution in [-0.2, 0) is 4.79 Å². The summed E-state index contributed by atoms with van der Waals surface area (Å²) in [6, 6.07) is 15.3. The van der Waals surface area contributed by atoms with E-state index in [1.54, 1.807) is 30.5 Å². The Morgan fingerprint density at radius 1 is 1.12 bits per heavy atom. The van der Waals surface area contributed by atoms with E-state index in [1.165, 1.54) is 22.1 Å². The Balaban J connectivity index is 1.49. The number of thioether (sulfide) groups is 1. The Kier molecular flexibility index (Phi) is 9.15. The normalized spacial score (nSPS) is 10.9. The molecule has 1 amide bonds. The Morgan fingerprint density at radius 3 is 2.47 bits per heavy atom. The number of rotatable bonds is 12. The summed E-state index contributed by atoms with van der Waals surface area (Å²) < 4.78 is 6.65. The molecule has 180 valence electrons. The van der Waals surface area contributed by atoms with Crippen LogP contribution < -0.4 is 26.2 Å². The number of nitrogens with one attached hydrogen (secondary N) is 2. The smallest absolute Gasteiger partial charge is 0.264 e. The van der Waals surface area contributed by atoms with Crippen molar-refractivity contribution in [3.8, 4) is 5.75 Å². The number of aromatic nitrogens is 3. The summed E-state index contributed by atoms with van der Waals surface area (Å²) in [6.07, 6.45) is 1.68. The molecule has 11 heteroatoms. The summed E-state index contributed by atoms with van der Waals surface area (Å²) in [4.78, 5) is 14.5. The molecule has 34 heavy (non-hydrogen) atoms. The Bertz CT molecular complexity index is 1080. The lowest BCUT2D eigenvalue weighted by Gasteiger charge is -2.20. The first-order valence-corrected chi connectivity index (χ1v) is 12.0. The average molecular weight is 483 g/mol. The largest absolute Gasteiger partial charge is 0.494 e. The lowest BCUT2D eigenvalue weighted by Crippen LogP contribution is -2.21. The third-order valence-corrected chi connectivity index (χ3v) is 5.79. The molecule has 0 saturated heterocycles. The molecule has 1 aromatic heterocycles. The van der Waals surface area contributed by atoms with Crippen molar-refractivity contribution in [1.82, 2.24) is 14.9 Å². The van der Waals surface area contributed by atoms with E-state index < -0.39 is 0 Å². The lowest BCUT2D eigenvalue weighted by atomic mass is 10.2. The molecule has 0 aliphatic carbocycles. The molecule has 3 aromatic rings. The second kappa shape index (κ2) is 12.5. The van der Waals surface area contributed by atoms with Crippen LogP contribution in [0.25, 0.3) is 0 Å². The molecule has 3 rings (SSSR count). The SMILES string of the molecule is CCOc1ccc(NC(=O)CSc2nnc(N/N=C/c3ccc(N(CC)CC)cc3)n2N)cc1. The molecule has 2 aromatic carbocycles. The van der Waals surface area contributed by atoms with Gasteiger partial charge in [-0.25, -0.2) is 10.1 Å². The number of hydrogen-bond donors (Lipinski definition) is 3. The van der Waals surface area contributed by atoms with Gasteiger partial charge in [-0.1, -0.05) is 23.9 Å². The molecule has 0 unspecified atom stereocenters. The molecule has 0 saturated carbocycles. The van der Waals surface area contributed by atoms with Crippen LogP contribution in [0.2, 0.25) is 0 Å². The zero-order valence-electron chi connectivity index (χ0n) is 19.6. The quantitative estimate of drug-likeness (QED) is 0.155. The Hall–Kier alpha value is -3.73. The molecule has 0 aliphatic heterocycles. The van der Waals surface area contributed by atoms with E-state index in [0.29, 0.717) is 17.5 Å². The summed E-state index contributed by atoms with van der Waals surface area (Å²) in [5.74, 6) is 7.00. The molecule has 10 nitrogen and oxygen atoms in total. The van der Waals surface area contributed by atoms with Gasteiger partial charge in [0.05, 0.1) is 18.6 Å². The fraction of sp³-hybridized carbons (Fsp3) is 0.304. The number of carbonyl (C=O) groups is 1. The molecule has 0 atom stereocenters. The average Bonchev–Trinajstić information content (AvgIpc) is 3.20. The predicted octanol–water partition coefficient (Wildman–Crippen LogP) is 3.41. The van der Waals surface area contributed by atoms with Gasteiger partial charge in [-0.3, -0.25) is 4.79 Å². The van der Waals surface area contributed by atoms with Crippen LogP contribution in [0.5, 0.6) is 5.75 Å². The van der Waals surface area contributed by atoms with Gasteiger partial charge in [0, 0.05) is 24.5 Å². The minimum Gasteiger partial charge on any atom is -0.494 e. The summed E-state index contributed by atoms with van der Waals surface area (Å²) in [5.41, 5.74) is 5.58. The summed E-state index contributed by atoms with van der Waals surface area (Å²) in [5, 5.41) is 15.4. The number of anilines is 3. The van der Waals surface area contributed by atoms with Gasteiger partial charge in [-0.15, -0.1) is 10.2 Å². The number of hydrogen-bond acceptors (Lipinski definition) is 9. The maximum Gasteiger partial charge on any atom is 0.264 e. The number of nitrogens with two attached hydrogens (primary N) is 1. The predicted molar refractivity (Wildman–Crippen MR) is 138 cm³/mol. The minimum absolute atomic E-state index is 0.130. The third kappa shape index (κ3) is 6.88. The van der Waals surface area contributed by atoms with Crippen molar-refractivity contribution in [3.05, 3.63) is 54.1 Å². The van der Waals surface area contributed by atoms with Crippen LogP contribution >= 0.6 is 11.8 Å². The van der Waals surface area contributed by atoms with E-state index in [4.69, 9.17) is 10.6 Å². The first-order valence-electron chi connectivity index (χ1n) is 11.0. The van der Waals surface area contributed by atoms with Crippen molar-refractivity contribution in [2.75, 3.05) is 46.9 Å². The van der Waals surface area contributed by atoms with Gasteiger partial charge in [0.25, 0.3) is 5.95 Å². The molecular weight excluding hydrogens is 452 g/mol. The number of nitrogen functional groups attached to an aromatic ring is 1. The van der Waals surface area contributed by atoms with E-state index in [1.807, 2.05) is 19.1 Å². The van der Waals surface area contributed by atoms with Crippen LogP contribution in [-0.4, -0.2) is 52.4 Å². The van der Waals surface area contributed by atoms with Crippen molar-refractivity contribution in [2.24, 2.45) is 5.10 Å². The highest BCUT2D eigenvalue weighted by Crippen LogP contribution is 2.19. The fourth-order valence-electron chi connectivity index (χ4n) is 3.10. The second-order valence-corrected chi connectivity index (χ2v) is 8.05. The highest BCUT2D eigenvalue weighted by molar-refractivity contribution is 7.99. The fourth-order valence-corrected chi connectivity index (χ4v) is 3.76. The first kappa shape index (κ1) is 24.9. The van der Waals surface area contributed by atoms with Crippen molar-refractivity contribution in [3.63, 3.8) is 0 Å². The van der Waals surface area contributed by atoms with Crippen LogP contribution in [0.3, 0.4) is 0 Å². The van der Waals surface area contributed by atoms with Gasteiger partial charge in [0.1, 0.15) is 5.75 Å². The summed E-state index contributed by atoms with van der Waals surface area (Å²) >= 11 is 1.18. The maximum absolute atomic E-state index is 12.2. The highest BCUT2D eigenvalue weighted by atomic mass is 32.2. The van der Waals surface area contributed by atoms with Crippen molar-refractivity contribution < 1.29 is 9.53 Å². The van der Waals surface area contributed by atoms with E-state index in [2.05, 4.69) is 56.9 Å². The van der Waals surface area contributed by atoms with Gasteiger partial charge in [0.15, 0.2) is 0 Å². The Morgan fingerprint density at radius 2 is 1.82 bits per heavy atom. The van der Waals surface area contributed by atoms with E-state index in [-0.39, 0.29) is 17.6 Å². The monoisotopic (exact) mass is 482 g/mol. The van der Waals surface area contributed by atoms with Crippen LogP contribution in [0.1, 0.15) is 26.3 Å². The number of carbonyl (C=O) groups excluding carboxylic acids is 1. The van der Waals surface area contributed by atoms with E-state index >= 15 is 0 Å². The number of hydrazone groups is 1. The van der Waals surface area contributed by atoms with Gasteiger partial charge in [-0.05, 0) is 62.7 Å². The molecule has 0 spiro atoms. The molecule has 0 bridgehead atoms. The molecule has 4 N–H and O–H groups in total. The highest BCUT2D eigenvalue weighted by Gasteiger charge is 2.12. The van der Waals surface area contributed by atoms with Gasteiger partial charge >= 0.3 is 0 Å². The summed E-state index contributed by atoms with van der Waals surface area (Å²) in [7, 11) is 0. The topological polar surface area (TPSA) is 123 Å². The third-order valence-electron chi connectivity index (χ3n) is 4.85. The first-order chi connectivity index (χ1) is 16.5. The number of ether oxygens (including phenoxy) is 1. The van der Waals surface area contributed by atoms with Crippen LogP contribution in [0.15, 0.2) is 58.8 Å². The number of nitrogens with zero attached hydrogens (tertiary/aromatic N) is 5. The molecular formula is C23H30N8O2S. The van der Waals surface area contributed by atoms with Crippen LogP contribution in [0.4, 0.5) is 17.3 Å². The summed E-state index contributed by atoms with van der Waals surface area (Å²) in [6.45, 7) is 8.69. The van der Waals surface area contributed by atoms with Crippen molar-refractivity contribution in [2.45, 2.75) is 25.9 Å². The number of benzene rings is 2. The van der Waals surface area contributed by atoms with E-state index in [0.717, 1.165) is 24.4 Å². The van der Waals surface area contributed by atoms with Crippen molar-refractivity contribution in [1.29, 1.82) is 0 Å². The Labute approximate surface area is 203 Å². The van der Waals surface area contributed by atoms with Gasteiger partial charge in [0.2, 0.25) is 11.1 Å². The molecule has 1 heterocycles.